The number of rotatable bonds is 4. The Morgan fingerprint density at radius 1 is 0.742 bits per heavy atom. The van der Waals surface area contributed by atoms with E-state index in [0.717, 1.165) is 26.4 Å². The number of carbonyl (C=O) groups excluding carboxylic acids is 2. The van der Waals surface area contributed by atoms with Crippen molar-refractivity contribution in [2.75, 3.05) is 14.2 Å². The third kappa shape index (κ3) is 3.18. The van der Waals surface area contributed by atoms with Crippen molar-refractivity contribution >= 4 is 45.8 Å². The molecule has 3 rings (SSSR count). The monoisotopic (exact) mass is 484 g/mol. The third-order valence-electron chi connectivity index (χ3n) is 4.81. The average molecular weight is 484 g/mol. The van der Waals surface area contributed by atoms with E-state index in [-0.39, 0.29) is 19.5 Å². The predicted molar refractivity (Wildman–Crippen MR) is 102 cm³/mol. The zero-order chi connectivity index (χ0) is 23.5. The van der Waals surface area contributed by atoms with Crippen LogP contribution in [0.4, 0.5) is 26.3 Å². The Hall–Kier alpha value is -2.34. The van der Waals surface area contributed by atoms with Crippen LogP contribution in [0, 0.1) is 13.8 Å². The molecule has 0 aliphatic heterocycles. The van der Waals surface area contributed by atoms with Crippen LogP contribution in [0.1, 0.15) is 40.2 Å². The van der Waals surface area contributed by atoms with Crippen molar-refractivity contribution in [2.45, 2.75) is 31.6 Å². The second-order valence-corrected chi connectivity index (χ2v) is 9.13. The summed E-state index contributed by atoms with van der Waals surface area (Å²) in [5.41, 5.74) is -4.42. The minimum Gasteiger partial charge on any atom is -0.465 e. The number of methoxy groups -OCH3 is 2. The van der Waals surface area contributed by atoms with E-state index in [9.17, 15) is 35.9 Å². The van der Waals surface area contributed by atoms with Crippen LogP contribution >= 0.6 is 22.7 Å². The van der Waals surface area contributed by atoms with Gasteiger partial charge >= 0.3 is 29.7 Å². The molecule has 12 heteroatoms. The van der Waals surface area contributed by atoms with Crippen molar-refractivity contribution in [3.8, 4) is 0 Å². The topological polar surface area (TPSA) is 52.6 Å². The first-order valence-electron chi connectivity index (χ1n) is 8.49. The minimum absolute atomic E-state index is 0.0536. The molecule has 0 fully saturated rings. The summed E-state index contributed by atoms with van der Waals surface area (Å²) in [6, 6.07) is 1.66. The van der Waals surface area contributed by atoms with Gasteiger partial charge in [0.15, 0.2) is 0 Å². The molecule has 2 aromatic heterocycles. The number of carbonyl (C=O) groups is 2. The summed E-state index contributed by atoms with van der Waals surface area (Å²) in [6.07, 6.45) is 0. The molecule has 1 aliphatic rings. The summed E-state index contributed by atoms with van der Waals surface area (Å²) < 4.78 is 97.2. The van der Waals surface area contributed by atoms with Crippen LogP contribution in [0.15, 0.2) is 12.1 Å². The highest BCUT2D eigenvalue weighted by molar-refractivity contribution is 7.14. The summed E-state index contributed by atoms with van der Waals surface area (Å²) >= 11 is 1.29. The summed E-state index contributed by atoms with van der Waals surface area (Å²) in [7, 11) is 2.05. The van der Waals surface area contributed by atoms with Gasteiger partial charge in [0.1, 0.15) is 9.75 Å². The lowest BCUT2D eigenvalue weighted by molar-refractivity contribution is -0.254. The first-order valence-corrected chi connectivity index (χ1v) is 10.1. The Bertz CT molecular complexity index is 1030. The predicted octanol–water partition coefficient (Wildman–Crippen LogP) is 5.83. The van der Waals surface area contributed by atoms with Crippen molar-refractivity contribution in [2.24, 2.45) is 0 Å². The van der Waals surface area contributed by atoms with Crippen LogP contribution in [-0.4, -0.2) is 43.9 Å². The lowest BCUT2D eigenvalue weighted by Gasteiger charge is -2.25. The molecule has 0 atom stereocenters. The normalized spacial score (nSPS) is 18.9. The highest BCUT2D eigenvalue weighted by atomic mass is 32.1. The number of allylic oxidation sites excluding steroid dienone is 2. The van der Waals surface area contributed by atoms with Crippen molar-refractivity contribution in [1.29, 1.82) is 0 Å². The van der Waals surface area contributed by atoms with Gasteiger partial charge in [-0.3, -0.25) is 0 Å². The Labute approximate surface area is 180 Å². The molecule has 0 spiro atoms. The van der Waals surface area contributed by atoms with Crippen molar-refractivity contribution in [3.05, 3.63) is 42.8 Å². The maximum atomic E-state index is 14.9. The van der Waals surface area contributed by atoms with Crippen LogP contribution < -0.4 is 0 Å². The SMILES string of the molecule is COC(=O)c1cc(C2=C(c3cc(C(=O)OC)sc3C)C(F)(F)C(F)(F)C2(F)F)c(C)s1. The molecule has 0 amide bonds. The van der Waals surface area contributed by atoms with Gasteiger partial charge in [0, 0.05) is 20.9 Å². The number of thiophene rings is 2. The molecule has 31 heavy (non-hydrogen) atoms. The number of ether oxygens (including phenoxy) is 2. The Morgan fingerprint density at radius 2 is 1.06 bits per heavy atom. The summed E-state index contributed by atoms with van der Waals surface area (Å²) in [6.45, 7) is 2.48. The van der Waals surface area contributed by atoms with E-state index >= 15 is 0 Å². The van der Waals surface area contributed by atoms with Crippen molar-refractivity contribution < 1.29 is 45.4 Å². The summed E-state index contributed by atoms with van der Waals surface area (Å²) in [4.78, 5) is 23.0. The van der Waals surface area contributed by atoms with Gasteiger partial charge in [0.05, 0.1) is 14.2 Å². The number of hydrogen-bond acceptors (Lipinski definition) is 6. The number of alkyl halides is 6. The fraction of sp³-hybridized carbons (Fsp3) is 0.368. The number of aryl methyl sites for hydroxylation is 2. The van der Waals surface area contributed by atoms with E-state index in [1.807, 2.05) is 0 Å². The first-order chi connectivity index (χ1) is 14.2. The molecule has 0 aromatic carbocycles. The lowest BCUT2D eigenvalue weighted by Crippen LogP contribution is -2.48. The Kier molecular flexibility index (Phi) is 5.54. The zero-order valence-corrected chi connectivity index (χ0v) is 18.0. The zero-order valence-electron chi connectivity index (χ0n) is 16.4. The van der Waals surface area contributed by atoms with Crippen LogP contribution in [0.3, 0.4) is 0 Å². The van der Waals surface area contributed by atoms with Crippen molar-refractivity contribution in [1.82, 2.24) is 0 Å². The van der Waals surface area contributed by atoms with Gasteiger partial charge in [0.25, 0.3) is 0 Å². The smallest absolute Gasteiger partial charge is 0.380 e. The third-order valence-corrected chi connectivity index (χ3v) is 6.88. The van der Waals surface area contributed by atoms with Gasteiger partial charge in [-0.2, -0.15) is 26.3 Å². The fourth-order valence-corrected chi connectivity index (χ4v) is 5.18. The maximum absolute atomic E-state index is 14.9. The molecule has 2 aromatic rings. The first kappa shape index (κ1) is 23.3. The highest BCUT2D eigenvalue weighted by Gasteiger charge is 2.80. The molecule has 0 saturated heterocycles. The second-order valence-electron chi connectivity index (χ2n) is 6.62. The van der Waals surface area contributed by atoms with E-state index in [1.54, 1.807) is 0 Å². The molecule has 0 saturated carbocycles. The van der Waals surface area contributed by atoms with Crippen LogP contribution in [0.5, 0.6) is 0 Å². The van der Waals surface area contributed by atoms with Gasteiger partial charge in [-0.1, -0.05) is 0 Å². The molecule has 0 N–H and O–H groups in total. The minimum atomic E-state index is -5.75. The maximum Gasteiger partial charge on any atom is 0.380 e. The average Bonchev–Trinajstić information content (AvgIpc) is 3.28. The van der Waals surface area contributed by atoms with E-state index in [4.69, 9.17) is 0 Å². The van der Waals surface area contributed by atoms with E-state index in [0.29, 0.717) is 22.7 Å². The van der Waals surface area contributed by atoms with Gasteiger partial charge in [-0.05, 0) is 37.1 Å². The second kappa shape index (κ2) is 7.37. The molecular weight excluding hydrogens is 470 g/mol. The quantitative estimate of drug-likeness (QED) is 0.405. The van der Waals surface area contributed by atoms with Crippen molar-refractivity contribution in [3.63, 3.8) is 0 Å². The molecule has 4 nitrogen and oxygen atoms in total. The Balaban J connectivity index is 2.40. The number of esters is 2. The number of halogens is 6. The molecule has 2 heterocycles. The van der Waals surface area contributed by atoms with Gasteiger partial charge in [-0.15, -0.1) is 22.7 Å². The van der Waals surface area contributed by atoms with Crippen LogP contribution in [0.2, 0.25) is 0 Å². The molecule has 0 unspecified atom stereocenters. The largest absolute Gasteiger partial charge is 0.465 e. The fourth-order valence-electron chi connectivity index (χ4n) is 3.30. The number of hydrogen-bond donors (Lipinski definition) is 0. The summed E-state index contributed by atoms with van der Waals surface area (Å²) in [5.74, 6) is -18.1. The molecule has 0 radical (unpaired) electrons. The molecule has 1 aliphatic carbocycles. The molecule has 168 valence electrons. The standard InChI is InChI=1S/C19H14F6O4S2/c1-7-9(5-11(30-7)15(26)28-3)13-14(18(22,23)19(24,25)17(13,20)21)10-6-12(16(27)29-4)31-8(10)2/h5-6H,1-4H3. The van der Waals surface area contributed by atoms with Gasteiger partial charge in [-0.25, -0.2) is 9.59 Å². The van der Waals surface area contributed by atoms with Crippen LogP contribution in [-0.2, 0) is 9.47 Å². The van der Waals surface area contributed by atoms with E-state index < -0.39 is 52.0 Å². The lowest BCUT2D eigenvalue weighted by atomic mass is 9.95. The van der Waals surface area contributed by atoms with Gasteiger partial charge in [0.2, 0.25) is 0 Å². The van der Waals surface area contributed by atoms with E-state index in [1.165, 1.54) is 13.8 Å². The van der Waals surface area contributed by atoms with Gasteiger partial charge < -0.3 is 9.47 Å². The van der Waals surface area contributed by atoms with E-state index in [2.05, 4.69) is 9.47 Å². The molecular formula is C19H14F6O4S2. The molecule has 0 bridgehead atoms. The van der Waals surface area contributed by atoms with Crippen LogP contribution in [0.25, 0.3) is 11.1 Å². The summed E-state index contributed by atoms with van der Waals surface area (Å²) in [5, 5.41) is 0. The Morgan fingerprint density at radius 3 is 1.35 bits per heavy atom. The highest BCUT2D eigenvalue weighted by Crippen LogP contribution is 2.65.